The number of benzene rings is 1. The fourth-order valence-electron chi connectivity index (χ4n) is 2.28. The van der Waals surface area contributed by atoms with Crippen molar-refractivity contribution in [2.45, 2.75) is 12.8 Å². The Bertz CT molecular complexity index is 562. The van der Waals surface area contributed by atoms with E-state index in [0.717, 1.165) is 6.07 Å². The monoisotopic (exact) mass is 287 g/mol. The van der Waals surface area contributed by atoms with Crippen LogP contribution >= 0.6 is 0 Å². The van der Waals surface area contributed by atoms with Crippen LogP contribution in [0.2, 0.25) is 0 Å². The maximum atomic E-state index is 13.8. The minimum Gasteiger partial charge on any atom is -0.465 e. The molecule has 1 saturated heterocycles. The maximum absolute atomic E-state index is 13.8. The topological polar surface area (TPSA) is 55.4 Å². The van der Waals surface area contributed by atoms with Crippen molar-refractivity contribution >= 4 is 11.9 Å². The molecule has 2 rings (SSSR count). The maximum Gasteiger partial charge on any atom is 0.319 e. The van der Waals surface area contributed by atoms with E-state index in [1.807, 2.05) is 0 Å². The van der Waals surface area contributed by atoms with Crippen LogP contribution in [0, 0.1) is 23.4 Å². The van der Waals surface area contributed by atoms with Gasteiger partial charge in [-0.25, -0.2) is 13.2 Å². The molecule has 1 heterocycles. The van der Waals surface area contributed by atoms with Crippen molar-refractivity contribution in [3.8, 4) is 0 Å². The number of ether oxygens (including phenoxy) is 1. The zero-order valence-corrected chi connectivity index (χ0v) is 10.6. The number of hydrogen-bond acceptors (Lipinski definition) is 3. The Hall–Kier alpha value is -2.05. The lowest BCUT2D eigenvalue weighted by Gasteiger charge is -2.17. The molecule has 0 spiro atoms. The molecule has 0 saturated carbocycles. The van der Waals surface area contributed by atoms with Gasteiger partial charge in [-0.1, -0.05) is 0 Å². The van der Waals surface area contributed by atoms with Gasteiger partial charge in [0.2, 0.25) is 5.91 Å². The lowest BCUT2D eigenvalue weighted by Crippen LogP contribution is -2.29. The molecule has 20 heavy (non-hydrogen) atoms. The number of amides is 1. The first-order chi connectivity index (χ1) is 9.47. The number of halogens is 3. The summed E-state index contributed by atoms with van der Waals surface area (Å²) in [4.78, 5) is 23.4. The first-order valence-electron chi connectivity index (χ1n) is 6.05. The van der Waals surface area contributed by atoms with Crippen LogP contribution in [0.4, 0.5) is 13.2 Å². The normalized spacial score (nSPS) is 21.7. The van der Waals surface area contributed by atoms with Crippen LogP contribution in [0.15, 0.2) is 12.1 Å². The molecule has 1 aliphatic heterocycles. The predicted octanol–water partition coefficient (Wildman–Crippen LogP) is 1.50. The smallest absolute Gasteiger partial charge is 0.319 e. The van der Waals surface area contributed by atoms with Crippen LogP contribution in [0.1, 0.15) is 18.4 Å². The van der Waals surface area contributed by atoms with E-state index in [1.165, 1.54) is 0 Å². The molecule has 0 bridgehead atoms. The van der Waals surface area contributed by atoms with Gasteiger partial charge >= 0.3 is 5.97 Å². The zero-order chi connectivity index (χ0) is 14.9. The highest BCUT2D eigenvalue weighted by Gasteiger charge is 2.44. The summed E-state index contributed by atoms with van der Waals surface area (Å²) in [6.45, 7) is 1.42. The van der Waals surface area contributed by atoms with Gasteiger partial charge in [-0.2, -0.15) is 0 Å². The van der Waals surface area contributed by atoms with Gasteiger partial charge in [0.25, 0.3) is 0 Å². The highest BCUT2D eigenvalue weighted by Crippen LogP contribution is 2.34. The summed E-state index contributed by atoms with van der Waals surface area (Å²) in [7, 11) is 0. The first kappa shape index (κ1) is 14.4. The molecule has 7 heteroatoms. The van der Waals surface area contributed by atoms with Crippen LogP contribution in [0.3, 0.4) is 0 Å². The molecule has 4 nitrogen and oxygen atoms in total. The van der Waals surface area contributed by atoms with E-state index in [1.54, 1.807) is 6.92 Å². The van der Waals surface area contributed by atoms with Crippen molar-refractivity contribution in [2.75, 3.05) is 13.2 Å². The third kappa shape index (κ3) is 2.35. The molecule has 1 aliphatic rings. The molecule has 1 fully saturated rings. The number of hydrogen-bond donors (Lipinski definition) is 1. The number of esters is 1. The van der Waals surface area contributed by atoms with Gasteiger partial charge in [0, 0.05) is 18.0 Å². The highest BCUT2D eigenvalue weighted by molar-refractivity contribution is 6.00. The van der Waals surface area contributed by atoms with E-state index in [2.05, 4.69) is 5.32 Å². The van der Waals surface area contributed by atoms with E-state index in [9.17, 15) is 22.8 Å². The van der Waals surface area contributed by atoms with Crippen LogP contribution in [0.25, 0.3) is 0 Å². The summed E-state index contributed by atoms with van der Waals surface area (Å²) in [6.07, 6.45) is 0. The Morgan fingerprint density at radius 2 is 2.00 bits per heavy atom. The number of carbonyl (C=O) groups excluding carboxylic acids is 2. The fraction of sp³-hybridized carbons (Fsp3) is 0.385. The Labute approximate surface area is 112 Å². The summed E-state index contributed by atoms with van der Waals surface area (Å²) in [6, 6.07) is 1.41. The molecule has 1 amide bonds. The van der Waals surface area contributed by atoms with Crippen LogP contribution in [-0.2, 0) is 14.3 Å². The number of carbonyl (C=O) groups is 2. The molecule has 0 radical (unpaired) electrons. The molecule has 0 aliphatic carbocycles. The van der Waals surface area contributed by atoms with Crippen LogP contribution in [0.5, 0.6) is 0 Å². The lowest BCUT2D eigenvalue weighted by atomic mass is 9.87. The molecule has 1 aromatic rings. The Kier molecular flexibility index (Phi) is 3.96. The quantitative estimate of drug-likeness (QED) is 0.520. The van der Waals surface area contributed by atoms with Crippen molar-refractivity contribution in [2.24, 2.45) is 5.92 Å². The molecule has 1 N–H and O–H groups in total. The standard InChI is InChI=1S/C13H12F3NO3/c1-2-20-13(19)10-6(5-17-12(10)18)9-7(14)3-4-8(15)11(9)16/h3-4,6,10H,2,5H2,1H3,(H,17,18). The minimum atomic E-state index is -1.39. The van der Waals surface area contributed by atoms with Crippen LogP contribution < -0.4 is 5.32 Å². The summed E-state index contributed by atoms with van der Waals surface area (Å²) < 4.78 is 45.4. The van der Waals surface area contributed by atoms with Gasteiger partial charge in [0.1, 0.15) is 11.7 Å². The lowest BCUT2D eigenvalue weighted by molar-refractivity contribution is -0.151. The molecule has 1 aromatic carbocycles. The van der Waals surface area contributed by atoms with Gasteiger partial charge in [-0.3, -0.25) is 9.59 Å². The number of rotatable bonds is 3. The van der Waals surface area contributed by atoms with Gasteiger partial charge in [-0.05, 0) is 19.1 Å². The van der Waals surface area contributed by atoms with E-state index >= 15 is 0 Å². The summed E-state index contributed by atoms with van der Waals surface area (Å²) >= 11 is 0. The third-order valence-corrected chi connectivity index (χ3v) is 3.17. The summed E-state index contributed by atoms with van der Waals surface area (Å²) in [5.41, 5.74) is -0.610. The Morgan fingerprint density at radius 3 is 2.65 bits per heavy atom. The fourth-order valence-corrected chi connectivity index (χ4v) is 2.28. The molecule has 0 aromatic heterocycles. The molecule has 2 atom stereocenters. The van der Waals surface area contributed by atoms with Crippen LogP contribution in [-0.4, -0.2) is 25.0 Å². The first-order valence-corrected chi connectivity index (χ1v) is 6.05. The second-order valence-corrected chi connectivity index (χ2v) is 4.34. The molecular formula is C13H12F3NO3. The Morgan fingerprint density at radius 1 is 1.35 bits per heavy atom. The largest absolute Gasteiger partial charge is 0.465 e. The summed E-state index contributed by atoms with van der Waals surface area (Å²) in [5.74, 6) is -7.69. The van der Waals surface area contributed by atoms with Crippen molar-refractivity contribution in [1.29, 1.82) is 0 Å². The van der Waals surface area contributed by atoms with Gasteiger partial charge in [0.15, 0.2) is 11.6 Å². The molecular weight excluding hydrogens is 275 g/mol. The summed E-state index contributed by atoms with van der Waals surface area (Å²) in [5, 5.41) is 2.34. The van der Waals surface area contributed by atoms with Crippen molar-refractivity contribution in [1.82, 2.24) is 5.32 Å². The van der Waals surface area contributed by atoms with E-state index in [-0.39, 0.29) is 13.2 Å². The van der Waals surface area contributed by atoms with Gasteiger partial charge in [0.05, 0.1) is 6.61 Å². The minimum absolute atomic E-state index is 0.0312. The van der Waals surface area contributed by atoms with Gasteiger partial charge < -0.3 is 10.1 Å². The van der Waals surface area contributed by atoms with E-state index < -0.39 is 46.7 Å². The second kappa shape index (κ2) is 5.52. The van der Waals surface area contributed by atoms with E-state index in [0.29, 0.717) is 6.07 Å². The number of nitrogens with one attached hydrogen (secondary N) is 1. The highest BCUT2D eigenvalue weighted by atomic mass is 19.2. The molecule has 2 unspecified atom stereocenters. The van der Waals surface area contributed by atoms with E-state index in [4.69, 9.17) is 4.74 Å². The van der Waals surface area contributed by atoms with Crippen molar-refractivity contribution in [3.05, 3.63) is 35.1 Å². The van der Waals surface area contributed by atoms with Crippen molar-refractivity contribution in [3.63, 3.8) is 0 Å². The Balaban J connectivity index is 2.43. The second-order valence-electron chi connectivity index (χ2n) is 4.34. The average molecular weight is 287 g/mol. The van der Waals surface area contributed by atoms with Crippen molar-refractivity contribution < 1.29 is 27.5 Å². The molecule has 108 valence electrons. The SMILES string of the molecule is CCOC(=O)C1C(=O)NCC1c1c(F)ccc(F)c1F. The third-order valence-electron chi connectivity index (χ3n) is 3.17. The average Bonchev–Trinajstić information content (AvgIpc) is 2.77. The van der Waals surface area contributed by atoms with Gasteiger partial charge in [-0.15, -0.1) is 0 Å². The predicted molar refractivity (Wildman–Crippen MR) is 62.2 cm³/mol. The zero-order valence-electron chi connectivity index (χ0n) is 10.6.